The Morgan fingerprint density at radius 1 is 1.22 bits per heavy atom. The molecular weight excluding hydrogens is 224 g/mol. The Balaban J connectivity index is 2.24. The molecule has 0 aromatic rings. The zero-order chi connectivity index (χ0) is 13.5. The van der Waals surface area contributed by atoms with Gasteiger partial charge in [0.1, 0.15) is 0 Å². The van der Waals surface area contributed by atoms with Crippen LogP contribution in [0.15, 0.2) is 0 Å². The van der Waals surface area contributed by atoms with Crippen molar-refractivity contribution in [3.8, 4) is 0 Å². The molecule has 0 aromatic carbocycles. The molecule has 3 unspecified atom stereocenters. The second kappa shape index (κ2) is 8.13. The summed E-state index contributed by atoms with van der Waals surface area (Å²) in [7, 11) is 1.81. The topological polar surface area (TPSA) is 24.5 Å². The van der Waals surface area contributed by atoms with Crippen molar-refractivity contribution in [3.05, 3.63) is 0 Å². The maximum atomic E-state index is 5.27. The summed E-state index contributed by atoms with van der Waals surface area (Å²) in [6.45, 7) is 14.9. The summed E-state index contributed by atoms with van der Waals surface area (Å²) in [5.74, 6) is 2.20. The fraction of sp³-hybridized carbons (Fsp3) is 1.00. The number of hydrogen-bond donors (Lipinski definition) is 1. The van der Waals surface area contributed by atoms with Gasteiger partial charge in [0.25, 0.3) is 0 Å². The van der Waals surface area contributed by atoms with Gasteiger partial charge in [0.05, 0.1) is 6.61 Å². The van der Waals surface area contributed by atoms with Gasteiger partial charge in [-0.05, 0) is 50.7 Å². The monoisotopic (exact) mass is 256 g/mol. The van der Waals surface area contributed by atoms with Crippen molar-refractivity contribution in [2.75, 3.05) is 39.9 Å². The molecule has 0 bridgehead atoms. The number of rotatable bonds is 8. The van der Waals surface area contributed by atoms with Gasteiger partial charge in [-0.1, -0.05) is 20.8 Å². The Hall–Kier alpha value is -0.120. The minimum atomic E-state index is 0.673. The second-order valence-corrected chi connectivity index (χ2v) is 6.37. The van der Waals surface area contributed by atoms with Gasteiger partial charge in [-0.15, -0.1) is 0 Å². The molecule has 18 heavy (non-hydrogen) atoms. The first kappa shape index (κ1) is 15.9. The molecule has 1 N–H and O–H groups in total. The van der Waals surface area contributed by atoms with E-state index in [1.165, 1.54) is 19.5 Å². The first-order valence-corrected chi connectivity index (χ1v) is 7.48. The normalized spacial score (nSPS) is 24.7. The molecule has 0 spiro atoms. The summed E-state index contributed by atoms with van der Waals surface area (Å²) in [5, 5.41) is 3.57. The molecular formula is C15H32N2O. The fourth-order valence-corrected chi connectivity index (χ4v) is 2.73. The van der Waals surface area contributed by atoms with Gasteiger partial charge in [0.15, 0.2) is 0 Å². The lowest BCUT2D eigenvalue weighted by molar-refractivity contribution is 0.139. The summed E-state index contributed by atoms with van der Waals surface area (Å²) in [6, 6.07) is 0.673. The van der Waals surface area contributed by atoms with Gasteiger partial charge in [-0.2, -0.15) is 0 Å². The molecule has 1 fully saturated rings. The predicted molar refractivity (Wildman–Crippen MR) is 77.9 cm³/mol. The first-order chi connectivity index (χ1) is 8.54. The SMILES string of the molecule is COCC1CCN(C(C)C(C)CNCC(C)C)C1. The van der Waals surface area contributed by atoms with Crippen molar-refractivity contribution in [1.29, 1.82) is 0 Å². The van der Waals surface area contributed by atoms with Gasteiger partial charge < -0.3 is 10.1 Å². The van der Waals surface area contributed by atoms with Gasteiger partial charge in [-0.3, -0.25) is 4.90 Å². The largest absolute Gasteiger partial charge is 0.384 e. The lowest BCUT2D eigenvalue weighted by Crippen LogP contribution is -2.40. The highest BCUT2D eigenvalue weighted by Crippen LogP contribution is 2.22. The standard InChI is InChI=1S/C15H32N2O/c1-12(2)8-16-9-13(3)14(4)17-7-6-15(10-17)11-18-5/h12-16H,6-11H2,1-5H3. The Kier molecular flexibility index (Phi) is 7.20. The van der Waals surface area contributed by atoms with Crippen LogP contribution in [0.3, 0.4) is 0 Å². The molecule has 1 rings (SSSR count). The molecule has 3 atom stereocenters. The third-order valence-electron chi connectivity index (χ3n) is 4.14. The molecule has 1 saturated heterocycles. The molecule has 108 valence electrons. The smallest absolute Gasteiger partial charge is 0.0503 e. The van der Waals surface area contributed by atoms with E-state index >= 15 is 0 Å². The number of hydrogen-bond acceptors (Lipinski definition) is 3. The highest BCUT2D eigenvalue weighted by atomic mass is 16.5. The van der Waals surface area contributed by atoms with Crippen LogP contribution in [0.2, 0.25) is 0 Å². The molecule has 0 aromatic heterocycles. The van der Waals surface area contributed by atoms with E-state index in [9.17, 15) is 0 Å². The Morgan fingerprint density at radius 2 is 1.94 bits per heavy atom. The van der Waals surface area contributed by atoms with Crippen LogP contribution in [0, 0.1) is 17.8 Å². The molecule has 0 radical (unpaired) electrons. The number of nitrogens with zero attached hydrogens (tertiary/aromatic N) is 1. The van der Waals surface area contributed by atoms with Crippen molar-refractivity contribution < 1.29 is 4.74 Å². The predicted octanol–water partition coefficient (Wildman–Crippen LogP) is 2.22. The molecule has 0 saturated carbocycles. The van der Waals surface area contributed by atoms with E-state index in [0.717, 1.165) is 31.5 Å². The third kappa shape index (κ3) is 5.25. The summed E-state index contributed by atoms with van der Waals surface area (Å²) < 4.78 is 5.27. The van der Waals surface area contributed by atoms with Crippen molar-refractivity contribution in [2.45, 2.75) is 40.2 Å². The molecule has 0 aliphatic carbocycles. The minimum Gasteiger partial charge on any atom is -0.384 e. The van der Waals surface area contributed by atoms with Crippen molar-refractivity contribution in [1.82, 2.24) is 10.2 Å². The average molecular weight is 256 g/mol. The fourth-order valence-electron chi connectivity index (χ4n) is 2.73. The van der Waals surface area contributed by atoms with Crippen molar-refractivity contribution >= 4 is 0 Å². The highest BCUT2D eigenvalue weighted by molar-refractivity contribution is 4.82. The summed E-state index contributed by atoms with van der Waals surface area (Å²) >= 11 is 0. The van der Waals surface area contributed by atoms with E-state index in [2.05, 4.69) is 37.9 Å². The number of nitrogens with one attached hydrogen (secondary N) is 1. The van der Waals surface area contributed by atoms with Crippen molar-refractivity contribution in [3.63, 3.8) is 0 Å². The van der Waals surface area contributed by atoms with Crippen LogP contribution in [-0.2, 0) is 4.74 Å². The van der Waals surface area contributed by atoms with Crippen LogP contribution in [0.5, 0.6) is 0 Å². The van der Waals surface area contributed by atoms with E-state index in [-0.39, 0.29) is 0 Å². The van der Waals surface area contributed by atoms with Crippen LogP contribution in [0.1, 0.15) is 34.1 Å². The van der Waals surface area contributed by atoms with Crippen LogP contribution in [0.25, 0.3) is 0 Å². The van der Waals surface area contributed by atoms with Crippen LogP contribution in [0.4, 0.5) is 0 Å². The second-order valence-electron chi connectivity index (χ2n) is 6.37. The van der Waals surface area contributed by atoms with Gasteiger partial charge in [0.2, 0.25) is 0 Å². The molecule has 3 heteroatoms. The first-order valence-electron chi connectivity index (χ1n) is 7.48. The number of ether oxygens (including phenoxy) is 1. The lowest BCUT2D eigenvalue weighted by atomic mass is 10.0. The third-order valence-corrected chi connectivity index (χ3v) is 4.14. The molecule has 1 aliphatic heterocycles. The zero-order valence-electron chi connectivity index (χ0n) is 12.9. The Labute approximate surface area is 113 Å². The van der Waals surface area contributed by atoms with E-state index in [1.807, 2.05) is 7.11 Å². The van der Waals surface area contributed by atoms with Gasteiger partial charge in [0, 0.05) is 19.7 Å². The van der Waals surface area contributed by atoms with Crippen LogP contribution in [-0.4, -0.2) is 50.8 Å². The maximum absolute atomic E-state index is 5.27. The van der Waals surface area contributed by atoms with Crippen molar-refractivity contribution in [2.24, 2.45) is 17.8 Å². The Morgan fingerprint density at radius 3 is 2.56 bits per heavy atom. The Bertz CT molecular complexity index is 221. The molecule has 0 amide bonds. The molecule has 1 aliphatic rings. The summed E-state index contributed by atoms with van der Waals surface area (Å²) in [4.78, 5) is 2.63. The van der Waals surface area contributed by atoms with Gasteiger partial charge in [-0.25, -0.2) is 0 Å². The minimum absolute atomic E-state index is 0.673. The van der Waals surface area contributed by atoms with Crippen LogP contribution >= 0.6 is 0 Å². The van der Waals surface area contributed by atoms with E-state index < -0.39 is 0 Å². The van der Waals surface area contributed by atoms with Gasteiger partial charge >= 0.3 is 0 Å². The van der Waals surface area contributed by atoms with Crippen LogP contribution < -0.4 is 5.32 Å². The molecule has 1 heterocycles. The lowest BCUT2D eigenvalue weighted by Gasteiger charge is -2.30. The number of methoxy groups -OCH3 is 1. The van der Waals surface area contributed by atoms with E-state index in [1.54, 1.807) is 0 Å². The quantitative estimate of drug-likeness (QED) is 0.721. The highest BCUT2D eigenvalue weighted by Gasteiger charge is 2.28. The van der Waals surface area contributed by atoms with E-state index in [4.69, 9.17) is 4.74 Å². The molecule has 3 nitrogen and oxygen atoms in total. The number of likely N-dealkylation sites (tertiary alicyclic amines) is 1. The van der Waals surface area contributed by atoms with E-state index in [0.29, 0.717) is 12.0 Å². The summed E-state index contributed by atoms with van der Waals surface area (Å²) in [5.41, 5.74) is 0. The zero-order valence-corrected chi connectivity index (χ0v) is 12.9. The average Bonchev–Trinajstić information content (AvgIpc) is 2.76. The summed E-state index contributed by atoms with van der Waals surface area (Å²) in [6.07, 6.45) is 1.30. The maximum Gasteiger partial charge on any atom is 0.0503 e.